The van der Waals surface area contributed by atoms with E-state index in [1.54, 1.807) is 11.3 Å². The van der Waals surface area contributed by atoms with Crippen LogP contribution in [0.25, 0.3) is 10.4 Å². The van der Waals surface area contributed by atoms with Crippen LogP contribution in [0.2, 0.25) is 0 Å². The molecule has 2 rings (SSSR count). The highest BCUT2D eigenvalue weighted by atomic mass is 32.1. The molecule has 0 saturated heterocycles. The summed E-state index contributed by atoms with van der Waals surface area (Å²) in [7, 11) is 1.38. The van der Waals surface area contributed by atoms with Crippen LogP contribution in [0.4, 0.5) is 0 Å². The van der Waals surface area contributed by atoms with Crippen molar-refractivity contribution < 1.29 is 14.3 Å². The number of esters is 1. The zero-order valence-electron chi connectivity index (χ0n) is 12.9. The SMILES string of the molecule is COC(=O)CCCCC(=O)c1ccc(-c2cc(C)cs2)cc1. The molecule has 0 aliphatic carbocycles. The summed E-state index contributed by atoms with van der Waals surface area (Å²) in [5.41, 5.74) is 3.13. The van der Waals surface area contributed by atoms with E-state index in [1.807, 2.05) is 24.3 Å². The van der Waals surface area contributed by atoms with Gasteiger partial charge in [0, 0.05) is 23.3 Å². The monoisotopic (exact) mass is 316 g/mol. The summed E-state index contributed by atoms with van der Waals surface area (Å²) < 4.78 is 4.58. The second-order valence-electron chi connectivity index (χ2n) is 5.27. The highest BCUT2D eigenvalue weighted by molar-refractivity contribution is 7.13. The molecule has 0 saturated carbocycles. The van der Waals surface area contributed by atoms with Crippen LogP contribution in [-0.4, -0.2) is 18.9 Å². The first kappa shape index (κ1) is 16.4. The number of Topliss-reactive ketones (excluding diaryl/α,β-unsaturated/α-hetero) is 1. The van der Waals surface area contributed by atoms with Crippen molar-refractivity contribution in [1.82, 2.24) is 0 Å². The third kappa shape index (κ3) is 4.53. The fourth-order valence-corrected chi connectivity index (χ4v) is 3.11. The molecule has 0 spiro atoms. The molecular formula is C18H20O3S. The lowest BCUT2D eigenvalue weighted by Gasteiger charge is -2.03. The maximum Gasteiger partial charge on any atom is 0.305 e. The third-order valence-electron chi connectivity index (χ3n) is 3.48. The molecule has 0 aliphatic heterocycles. The van der Waals surface area contributed by atoms with Gasteiger partial charge < -0.3 is 4.74 Å². The van der Waals surface area contributed by atoms with Crippen molar-refractivity contribution >= 4 is 23.1 Å². The Morgan fingerprint density at radius 1 is 1.09 bits per heavy atom. The van der Waals surface area contributed by atoms with Gasteiger partial charge in [-0.15, -0.1) is 11.3 Å². The van der Waals surface area contributed by atoms with Crippen LogP contribution < -0.4 is 0 Å². The van der Waals surface area contributed by atoms with Gasteiger partial charge in [-0.25, -0.2) is 0 Å². The summed E-state index contributed by atoms with van der Waals surface area (Å²) in [5.74, 6) is -0.0955. The maximum absolute atomic E-state index is 12.1. The molecule has 0 fully saturated rings. The van der Waals surface area contributed by atoms with Crippen molar-refractivity contribution in [3.63, 3.8) is 0 Å². The first-order valence-corrected chi connectivity index (χ1v) is 8.23. The van der Waals surface area contributed by atoms with Gasteiger partial charge in [-0.1, -0.05) is 24.3 Å². The van der Waals surface area contributed by atoms with Crippen LogP contribution in [-0.2, 0) is 9.53 Å². The minimum absolute atomic E-state index is 0.124. The number of thiophene rings is 1. The number of unbranched alkanes of at least 4 members (excludes halogenated alkanes) is 1. The van der Waals surface area contributed by atoms with Crippen molar-refractivity contribution in [3.05, 3.63) is 46.8 Å². The fourth-order valence-electron chi connectivity index (χ4n) is 2.20. The van der Waals surface area contributed by atoms with Crippen LogP contribution in [0, 0.1) is 6.92 Å². The molecule has 3 nitrogen and oxygen atoms in total. The molecule has 2 aromatic rings. The zero-order chi connectivity index (χ0) is 15.9. The van der Waals surface area contributed by atoms with Gasteiger partial charge in [0.05, 0.1) is 7.11 Å². The van der Waals surface area contributed by atoms with Gasteiger partial charge in [0.15, 0.2) is 5.78 Å². The average Bonchev–Trinajstić information content (AvgIpc) is 2.97. The number of ether oxygens (including phenoxy) is 1. The summed E-state index contributed by atoms with van der Waals surface area (Å²) in [6, 6.07) is 9.90. The molecule has 0 aliphatic rings. The minimum Gasteiger partial charge on any atom is -0.469 e. The van der Waals surface area contributed by atoms with Crippen LogP contribution in [0.3, 0.4) is 0 Å². The van der Waals surface area contributed by atoms with Gasteiger partial charge in [-0.2, -0.15) is 0 Å². The van der Waals surface area contributed by atoms with E-state index >= 15 is 0 Å². The normalized spacial score (nSPS) is 10.5. The van der Waals surface area contributed by atoms with Crippen LogP contribution in [0.15, 0.2) is 35.7 Å². The van der Waals surface area contributed by atoms with Crippen molar-refractivity contribution in [2.45, 2.75) is 32.6 Å². The number of carbonyl (C=O) groups excluding carboxylic acids is 2. The lowest BCUT2D eigenvalue weighted by molar-refractivity contribution is -0.140. The van der Waals surface area contributed by atoms with Gasteiger partial charge in [0.1, 0.15) is 0 Å². The van der Waals surface area contributed by atoms with Crippen molar-refractivity contribution in [1.29, 1.82) is 0 Å². The summed E-state index contributed by atoms with van der Waals surface area (Å²) in [6.07, 6.45) is 2.24. The van der Waals surface area contributed by atoms with E-state index in [0.717, 1.165) is 11.1 Å². The number of aryl methyl sites for hydroxylation is 1. The number of methoxy groups -OCH3 is 1. The van der Waals surface area contributed by atoms with E-state index in [2.05, 4.69) is 23.1 Å². The van der Waals surface area contributed by atoms with E-state index < -0.39 is 0 Å². The summed E-state index contributed by atoms with van der Waals surface area (Å²) in [4.78, 5) is 24.3. The topological polar surface area (TPSA) is 43.4 Å². The summed E-state index contributed by atoms with van der Waals surface area (Å²) in [5, 5.41) is 2.12. The van der Waals surface area contributed by atoms with E-state index in [9.17, 15) is 9.59 Å². The first-order valence-electron chi connectivity index (χ1n) is 7.35. The molecule has 0 radical (unpaired) electrons. The Bertz CT molecular complexity index is 641. The molecule has 0 amide bonds. The Hall–Kier alpha value is -1.94. The maximum atomic E-state index is 12.1. The highest BCUT2D eigenvalue weighted by Gasteiger charge is 2.08. The molecular weight excluding hydrogens is 296 g/mol. The molecule has 116 valence electrons. The molecule has 0 N–H and O–H groups in total. The van der Waals surface area contributed by atoms with E-state index in [1.165, 1.54) is 17.6 Å². The number of rotatable bonds is 7. The van der Waals surface area contributed by atoms with Crippen LogP contribution in [0.1, 0.15) is 41.6 Å². The zero-order valence-corrected chi connectivity index (χ0v) is 13.7. The largest absolute Gasteiger partial charge is 0.469 e. The van der Waals surface area contributed by atoms with Gasteiger partial charge in [-0.05, 0) is 42.3 Å². The van der Waals surface area contributed by atoms with Crippen LogP contribution >= 0.6 is 11.3 Å². The lowest BCUT2D eigenvalue weighted by Crippen LogP contribution is -2.02. The number of carbonyl (C=O) groups is 2. The molecule has 0 bridgehead atoms. The third-order valence-corrected chi connectivity index (χ3v) is 4.58. The molecule has 4 heteroatoms. The number of benzene rings is 1. The highest BCUT2D eigenvalue weighted by Crippen LogP contribution is 2.27. The Kier molecular flexibility index (Phi) is 5.90. The molecule has 0 unspecified atom stereocenters. The number of hydrogen-bond acceptors (Lipinski definition) is 4. The standard InChI is InChI=1S/C18H20O3S/c1-13-11-17(22-12-13)15-9-7-14(8-10-15)16(19)5-3-4-6-18(20)21-2/h7-12H,3-6H2,1-2H3. The minimum atomic E-state index is -0.219. The van der Waals surface area contributed by atoms with Crippen molar-refractivity contribution in [2.75, 3.05) is 7.11 Å². The molecule has 1 aromatic heterocycles. The van der Waals surface area contributed by atoms with E-state index in [0.29, 0.717) is 25.7 Å². The van der Waals surface area contributed by atoms with Gasteiger partial charge >= 0.3 is 5.97 Å². The van der Waals surface area contributed by atoms with E-state index in [-0.39, 0.29) is 11.8 Å². The Morgan fingerprint density at radius 3 is 2.36 bits per heavy atom. The summed E-state index contributed by atoms with van der Waals surface area (Å²) >= 11 is 1.71. The lowest BCUT2D eigenvalue weighted by atomic mass is 10.0. The quantitative estimate of drug-likeness (QED) is 0.424. The van der Waals surface area contributed by atoms with Crippen LogP contribution in [0.5, 0.6) is 0 Å². The average molecular weight is 316 g/mol. The molecule has 22 heavy (non-hydrogen) atoms. The molecule has 1 aromatic carbocycles. The second-order valence-corrected chi connectivity index (χ2v) is 6.18. The summed E-state index contributed by atoms with van der Waals surface area (Å²) in [6.45, 7) is 2.08. The van der Waals surface area contributed by atoms with Gasteiger partial charge in [0.2, 0.25) is 0 Å². The second kappa shape index (κ2) is 7.90. The van der Waals surface area contributed by atoms with Crippen molar-refractivity contribution in [3.8, 4) is 10.4 Å². The number of ketones is 1. The van der Waals surface area contributed by atoms with Gasteiger partial charge in [-0.3, -0.25) is 9.59 Å². The Morgan fingerprint density at radius 2 is 1.77 bits per heavy atom. The predicted octanol–water partition coefficient (Wildman–Crippen LogP) is 4.64. The molecule has 0 atom stereocenters. The van der Waals surface area contributed by atoms with E-state index in [4.69, 9.17) is 0 Å². The first-order chi connectivity index (χ1) is 10.6. The smallest absolute Gasteiger partial charge is 0.305 e. The fraction of sp³-hybridized carbons (Fsp3) is 0.333. The molecule has 1 heterocycles. The number of hydrogen-bond donors (Lipinski definition) is 0. The van der Waals surface area contributed by atoms with Crippen molar-refractivity contribution in [2.24, 2.45) is 0 Å². The Labute approximate surface area is 134 Å². The Balaban J connectivity index is 1.87. The predicted molar refractivity (Wildman–Crippen MR) is 89.3 cm³/mol. The van der Waals surface area contributed by atoms with Gasteiger partial charge in [0.25, 0.3) is 0 Å².